The number of esters is 1. The van der Waals surface area contributed by atoms with E-state index < -0.39 is 12.1 Å². The van der Waals surface area contributed by atoms with Crippen LogP contribution in [0.4, 0.5) is 0 Å². The Morgan fingerprint density at radius 2 is 2.07 bits per heavy atom. The van der Waals surface area contributed by atoms with E-state index in [-0.39, 0.29) is 18.4 Å². The molecule has 1 saturated carbocycles. The van der Waals surface area contributed by atoms with Crippen LogP contribution < -0.4 is 5.32 Å². The molecule has 2 aromatic rings. The predicted octanol–water partition coefficient (Wildman–Crippen LogP) is 3.52. The first-order valence-electron chi connectivity index (χ1n) is 9.46. The second-order valence-electron chi connectivity index (χ2n) is 6.89. The van der Waals surface area contributed by atoms with E-state index in [0.717, 1.165) is 36.3 Å². The molecule has 0 radical (unpaired) electrons. The van der Waals surface area contributed by atoms with Gasteiger partial charge in [0, 0.05) is 29.4 Å². The summed E-state index contributed by atoms with van der Waals surface area (Å²) in [6, 6.07) is 3.97. The molecule has 1 N–H and O–H groups in total. The molecule has 2 heterocycles. The highest BCUT2D eigenvalue weighted by Crippen LogP contribution is 2.23. The van der Waals surface area contributed by atoms with E-state index in [1.807, 2.05) is 17.5 Å². The largest absolute Gasteiger partial charge is 0.452 e. The molecule has 0 unspecified atom stereocenters. The SMILES string of the molecule is C[C@@H](OC(=O)Cc1csc(-c2cccnc2)n1)C(=O)NC1CCCCCC1. The highest BCUT2D eigenvalue weighted by molar-refractivity contribution is 7.13. The topological polar surface area (TPSA) is 81.2 Å². The van der Waals surface area contributed by atoms with Crippen LogP contribution in [0.25, 0.3) is 10.6 Å². The minimum absolute atomic E-state index is 0.0534. The number of carbonyl (C=O) groups excluding carboxylic acids is 2. The lowest BCUT2D eigenvalue weighted by Gasteiger charge is -2.19. The Morgan fingerprint density at radius 1 is 1.30 bits per heavy atom. The number of nitrogens with one attached hydrogen (secondary N) is 1. The smallest absolute Gasteiger partial charge is 0.312 e. The summed E-state index contributed by atoms with van der Waals surface area (Å²) in [6.07, 6.45) is 9.44. The minimum atomic E-state index is -0.794. The van der Waals surface area contributed by atoms with Gasteiger partial charge in [-0.05, 0) is 31.9 Å². The molecule has 0 saturated heterocycles. The summed E-state index contributed by atoms with van der Waals surface area (Å²) in [5, 5.41) is 5.66. The standard InChI is InChI=1S/C20H25N3O3S/c1-14(19(25)22-16-8-4-2-3-5-9-16)26-18(24)11-17-13-27-20(23-17)15-7-6-10-21-12-15/h6-7,10,12-14,16H,2-5,8-9,11H2,1H3,(H,22,25)/t14-/m1/s1. The van der Waals surface area contributed by atoms with E-state index in [2.05, 4.69) is 15.3 Å². The van der Waals surface area contributed by atoms with Crippen molar-refractivity contribution >= 4 is 23.2 Å². The third kappa shape index (κ3) is 5.85. The van der Waals surface area contributed by atoms with Crippen molar-refractivity contribution in [3.05, 3.63) is 35.6 Å². The van der Waals surface area contributed by atoms with Crippen LogP contribution >= 0.6 is 11.3 Å². The van der Waals surface area contributed by atoms with E-state index in [1.165, 1.54) is 24.2 Å². The van der Waals surface area contributed by atoms with Gasteiger partial charge in [0.1, 0.15) is 5.01 Å². The normalized spacial score (nSPS) is 16.3. The average molecular weight is 388 g/mol. The number of hydrogen-bond donors (Lipinski definition) is 1. The summed E-state index contributed by atoms with van der Waals surface area (Å²) in [5.74, 6) is -0.661. The Morgan fingerprint density at radius 3 is 2.78 bits per heavy atom. The van der Waals surface area contributed by atoms with Crippen LogP contribution in [0.5, 0.6) is 0 Å². The van der Waals surface area contributed by atoms with Gasteiger partial charge in [0.15, 0.2) is 6.10 Å². The van der Waals surface area contributed by atoms with Crippen molar-refractivity contribution < 1.29 is 14.3 Å². The molecule has 7 heteroatoms. The number of pyridine rings is 1. The van der Waals surface area contributed by atoms with Crippen molar-refractivity contribution in [1.82, 2.24) is 15.3 Å². The molecule has 2 aromatic heterocycles. The third-order valence-corrected chi connectivity index (χ3v) is 5.60. The first-order valence-corrected chi connectivity index (χ1v) is 10.3. The monoisotopic (exact) mass is 387 g/mol. The van der Waals surface area contributed by atoms with Gasteiger partial charge in [0.05, 0.1) is 12.1 Å². The molecule has 1 aliphatic carbocycles. The van der Waals surface area contributed by atoms with E-state index in [4.69, 9.17) is 4.74 Å². The molecule has 1 atom stereocenters. The molecule has 1 fully saturated rings. The van der Waals surface area contributed by atoms with Gasteiger partial charge in [-0.1, -0.05) is 25.7 Å². The fourth-order valence-corrected chi connectivity index (χ4v) is 4.00. The van der Waals surface area contributed by atoms with E-state index in [1.54, 1.807) is 19.3 Å². The van der Waals surface area contributed by atoms with Crippen LogP contribution in [0.3, 0.4) is 0 Å². The summed E-state index contributed by atoms with van der Waals surface area (Å²) in [6.45, 7) is 1.62. The first-order chi connectivity index (χ1) is 13.1. The maximum Gasteiger partial charge on any atom is 0.312 e. The molecule has 1 aliphatic rings. The van der Waals surface area contributed by atoms with Gasteiger partial charge in [-0.3, -0.25) is 14.6 Å². The highest BCUT2D eigenvalue weighted by Gasteiger charge is 2.22. The van der Waals surface area contributed by atoms with Gasteiger partial charge >= 0.3 is 5.97 Å². The van der Waals surface area contributed by atoms with Gasteiger partial charge in [-0.2, -0.15) is 0 Å². The molecular formula is C20H25N3O3S. The Bertz CT molecular complexity index is 755. The molecule has 144 valence electrons. The second-order valence-corrected chi connectivity index (χ2v) is 7.75. The van der Waals surface area contributed by atoms with Crippen LogP contribution in [0.2, 0.25) is 0 Å². The molecule has 1 amide bonds. The lowest BCUT2D eigenvalue weighted by Crippen LogP contribution is -2.42. The number of rotatable bonds is 6. The fourth-order valence-electron chi connectivity index (χ4n) is 3.19. The maximum atomic E-state index is 12.3. The first kappa shape index (κ1) is 19.5. The molecule has 0 aliphatic heterocycles. The quantitative estimate of drug-likeness (QED) is 0.606. The summed E-state index contributed by atoms with van der Waals surface area (Å²) in [4.78, 5) is 33.0. The van der Waals surface area contributed by atoms with Crippen molar-refractivity contribution in [1.29, 1.82) is 0 Å². The lowest BCUT2D eigenvalue weighted by atomic mass is 10.1. The Kier molecular flexibility index (Phi) is 6.92. The van der Waals surface area contributed by atoms with Crippen molar-refractivity contribution in [3.8, 4) is 10.6 Å². The van der Waals surface area contributed by atoms with Crippen LogP contribution in [0.1, 0.15) is 51.1 Å². The molecule has 6 nitrogen and oxygen atoms in total. The molecule has 0 spiro atoms. The molecule has 3 rings (SSSR count). The van der Waals surface area contributed by atoms with Crippen molar-refractivity contribution in [2.75, 3.05) is 0 Å². The summed E-state index contributed by atoms with van der Waals surface area (Å²) in [5.41, 5.74) is 1.55. The zero-order valence-electron chi connectivity index (χ0n) is 15.5. The van der Waals surface area contributed by atoms with Gasteiger partial charge in [0.25, 0.3) is 5.91 Å². The van der Waals surface area contributed by atoms with E-state index >= 15 is 0 Å². The second kappa shape index (κ2) is 9.60. The van der Waals surface area contributed by atoms with Gasteiger partial charge in [0.2, 0.25) is 0 Å². The average Bonchev–Trinajstić information content (AvgIpc) is 2.97. The van der Waals surface area contributed by atoms with Crippen LogP contribution in [-0.4, -0.2) is 34.0 Å². The number of thiazole rings is 1. The molecule has 0 bridgehead atoms. The van der Waals surface area contributed by atoms with Crippen molar-refractivity contribution in [2.24, 2.45) is 0 Å². The van der Waals surface area contributed by atoms with Crippen LogP contribution in [0.15, 0.2) is 29.9 Å². The van der Waals surface area contributed by atoms with Gasteiger partial charge in [-0.25, -0.2) is 4.98 Å². The highest BCUT2D eigenvalue weighted by atomic mass is 32.1. The Balaban J connectivity index is 1.48. The molecule has 27 heavy (non-hydrogen) atoms. The third-order valence-electron chi connectivity index (χ3n) is 4.66. The Labute approximate surface area is 163 Å². The predicted molar refractivity (Wildman–Crippen MR) is 104 cm³/mol. The number of nitrogens with zero attached hydrogens (tertiary/aromatic N) is 2. The van der Waals surface area contributed by atoms with Crippen molar-refractivity contribution in [3.63, 3.8) is 0 Å². The fraction of sp³-hybridized carbons (Fsp3) is 0.500. The number of hydrogen-bond acceptors (Lipinski definition) is 6. The summed E-state index contributed by atoms with van der Waals surface area (Å²) in [7, 11) is 0. The maximum absolute atomic E-state index is 12.3. The lowest BCUT2D eigenvalue weighted by molar-refractivity contribution is -0.154. The summed E-state index contributed by atoms with van der Waals surface area (Å²) >= 11 is 1.46. The Hall–Kier alpha value is -2.28. The van der Waals surface area contributed by atoms with E-state index in [0.29, 0.717) is 5.69 Å². The number of amides is 1. The molecular weight excluding hydrogens is 362 g/mol. The van der Waals surface area contributed by atoms with Gasteiger partial charge < -0.3 is 10.1 Å². The van der Waals surface area contributed by atoms with Crippen molar-refractivity contribution in [2.45, 2.75) is 64.0 Å². The van der Waals surface area contributed by atoms with Crippen LogP contribution in [0, 0.1) is 0 Å². The molecule has 0 aromatic carbocycles. The number of aromatic nitrogens is 2. The number of carbonyl (C=O) groups is 2. The zero-order valence-corrected chi connectivity index (χ0v) is 16.3. The van der Waals surface area contributed by atoms with Crippen LogP contribution in [-0.2, 0) is 20.7 Å². The van der Waals surface area contributed by atoms with Gasteiger partial charge in [-0.15, -0.1) is 11.3 Å². The van der Waals surface area contributed by atoms with E-state index in [9.17, 15) is 9.59 Å². The summed E-state index contributed by atoms with van der Waals surface area (Å²) < 4.78 is 5.31. The number of ether oxygens (including phenoxy) is 1. The minimum Gasteiger partial charge on any atom is -0.452 e. The zero-order chi connectivity index (χ0) is 19.1.